The summed E-state index contributed by atoms with van der Waals surface area (Å²) >= 11 is 0. The normalized spacial score (nSPS) is 21.6. The van der Waals surface area contributed by atoms with Gasteiger partial charge in [0, 0.05) is 38.0 Å². The van der Waals surface area contributed by atoms with E-state index in [2.05, 4.69) is 17.1 Å². The van der Waals surface area contributed by atoms with Crippen LogP contribution in [0.5, 0.6) is 5.75 Å². The quantitative estimate of drug-likeness (QED) is 0.769. The summed E-state index contributed by atoms with van der Waals surface area (Å²) in [5, 5.41) is 2.47. The highest BCUT2D eigenvalue weighted by atomic mass is 16.5. The maximum absolute atomic E-state index is 13.1. The van der Waals surface area contributed by atoms with Gasteiger partial charge < -0.3 is 19.9 Å². The van der Waals surface area contributed by atoms with Gasteiger partial charge in [0.15, 0.2) is 0 Å². The van der Waals surface area contributed by atoms with Gasteiger partial charge in [-0.15, -0.1) is 0 Å². The summed E-state index contributed by atoms with van der Waals surface area (Å²) in [5.41, 5.74) is 1.62. The second-order valence-electron chi connectivity index (χ2n) is 8.22. The SMILES string of the molecule is CCN1CCC2(CC1)CN(C(=O)CN1C(=O)CNC1=O)Cc1cc(C)ccc1O2. The molecule has 3 aliphatic rings. The molecule has 1 aromatic rings. The van der Waals surface area contributed by atoms with E-state index in [1.807, 2.05) is 25.1 Å². The molecule has 0 unspecified atom stereocenters. The third kappa shape index (κ3) is 3.94. The molecule has 3 aliphatic heterocycles. The van der Waals surface area contributed by atoms with Crippen molar-refractivity contribution in [3.8, 4) is 5.75 Å². The Morgan fingerprint density at radius 2 is 2.00 bits per heavy atom. The van der Waals surface area contributed by atoms with Crippen LogP contribution in [0.3, 0.4) is 0 Å². The van der Waals surface area contributed by atoms with Gasteiger partial charge in [0.25, 0.3) is 5.91 Å². The van der Waals surface area contributed by atoms with E-state index in [-0.39, 0.29) is 24.9 Å². The zero-order chi connectivity index (χ0) is 20.6. The number of benzene rings is 1. The molecule has 8 nitrogen and oxygen atoms in total. The van der Waals surface area contributed by atoms with Crippen molar-refractivity contribution in [2.75, 3.05) is 39.3 Å². The highest BCUT2D eigenvalue weighted by Crippen LogP contribution is 2.36. The predicted molar refractivity (Wildman–Crippen MR) is 106 cm³/mol. The average Bonchev–Trinajstić information content (AvgIpc) is 2.93. The number of urea groups is 1. The van der Waals surface area contributed by atoms with E-state index in [9.17, 15) is 14.4 Å². The van der Waals surface area contributed by atoms with Gasteiger partial charge in [-0.05, 0) is 19.5 Å². The smallest absolute Gasteiger partial charge is 0.325 e. The summed E-state index contributed by atoms with van der Waals surface area (Å²) in [6.07, 6.45) is 1.67. The van der Waals surface area contributed by atoms with E-state index >= 15 is 0 Å². The lowest BCUT2D eigenvalue weighted by atomic mass is 9.90. The molecule has 4 rings (SSSR count). The van der Waals surface area contributed by atoms with Crippen LogP contribution in [0.4, 0.5) is 4.79 Å². The van der Waals surface area contributed by atoms with E-state index in [0.29, 0.717) is 13.1 Å². The van der Waals surface area contributed by atoms with E-state index in [1.54, 1.807) is 4.90 Å². The van der Waals surface area contributed by atoms with Crippen molar-refractivity contribution < 1.29 is 19.1 Å². The molecule has 0 radical (unpaired) electrons. The first-order chi connectivity index (χ1) is 13.9. The zero-order valence-electron chi connectivity index (χ0n) is 17.1. The van der Waals surface area contributed by atoms with Crippen LogP contribution in [-0.2, 0) is 16.1 Å². The third-order valence-corrected chi connectivity index (χ3v) is 6.18. The number of carbonyl (C=O) groups is 3. The van der Waals surface area contributed by atoms with Crippen LogP contribution in [-0.4, -0.2) is 77.4 Å². The van der Waals surface area contributed by atoms with Gasteiger partial charge in [-0.1, -0.05) is 24.6 Å². The zero-order valence-corrected chi connectivity index (χ0v) is 17.1. The highest BCUT2D eigenvalue weighted by molar-refractivity contribution is 6.04. The maximum Gasteiger partial charge on any atom is 0.325 e. The summed E-state index contributed by atoms with van der Waals surface area (Å²) in [7, 11) is 0. The number of ether oxygens (including phenoxy) is 1. The summed E-state index contributed by atoms with van der Waals surface area (Å²) in [6.45, 7) is 7.61. The third-order valence-electron chi connectivity index (χ3n) is 6.18. The molecule has 8 heteroatoms. The Kier molecular flexibility index (Phi) is 5.21. The van der Waals surface area contributed by atoms with Gasteiger partial charge in [-0.25, -0.2) is 4.79 Å². The number of nitrogens with one attached hydrogen (secondary N) is 1. The van der Waals surface area contributed by atoms with Gasteiger partial charge in [0.1, 0.15) is 17.9 Å². The average molecular weight is 400 g/mol. The first-order valence-electron chi connectivity index (χ1n) is 10.3. The van der Waals surface area contributed by atoms with E-state index < -0.39 is 11.6 Å². The van der Waals surface area contributed by atoms with Crippen molar-refractivity contribution in [1.29, 1.82) is 0 Å². The number of carbonyl (C=O) groups excluding carboxylic acids is 3. The van der Waals surface area contributed by atoms with Crippen LogP contribution in [0, 0.1) is 6.92 Å². The highest BCUT2D eigenvalue weighted by Gasteiger charge is 2.42. The lowest BCUT2D eigenvalue weighted by molar-refractivity contribution is -0.139. The van der Waals surface area contributed by atoms with Crippen LogP contribution in [0.2, 0.25) is 0 Å². The molecule has 2 fully saturated rings. The molecule has 3 heterocycles. The Morgan fingerprint density at radius 1 is 1.24 bits per heavy atom. The molecule has 29 heavy (non-hydrogen) atoms. The summed E-state index contributed by atoms with van der Waals surface area (Å²) in [5.74, 6) is 0.230. The predicted octanol–water partition coefficient (Wildman–Crippen LogP) is 1.12. The van der Waals surface area contributed by atoms with Crippen LogP contribution in [0.1, 0.15) is 30.9 Å². The molecule has 0 bridgehead atoms. The molecule has 1 N–H and O–H groups in total. The van der Waals surface area contributed by atoms with Crippen molar-refractivity contribution in [3.05, 3.63) is 29.3 Å². The van der Waals surface area contributed by atoms with Gasteiger partial charge in [0.2, 0.25) is 5.91 Å². The Hall–Kier alpha value is -2.61. The Labute approximate surface area is 170 Å². The number of imide groups is 1. The van der Waals surface area contributed by atoms with E-state index in [4.69, 9.17) is 4.74 Å². The molecule has 1 spiro atoms. The fourth-order valence-corrected chi connectivity index (χ4v) is 4.37. The molecular weight excluding hydrogens is 372 g/mol. The fourth-order valence-electron chi connectivity index (χ4n) is 4.37. The Morgan fingerprint density at radius 3 is 2.66 bits per heavy atom. The minimum atomic E-state index is -0.503. The molecule has 1 aromatic carbocycles. The van der Waals surface area contributed by atoms with Crippen molar-refractivity contribution in [2.24, 2.45) is 0 Å². The van der Waals surface area contributed by atoms with Gasteiger partial charge >= 0.3 is 6.03 Å². The van der Waals surface area contributed by atoms with Crippen LogP contribution < -0.4 is 10.1 Å². The van der Waals surface area contributed by atoms with Crippen molar-refractivity contribution in [2.45, 2.75) is 38.8 Å². The molecule has 156 valence electrons. The van der Waals surface area contributed by atoms with Crippen molar-refractivity contribution in [3.63, 3.8) is 0 Å². The molecule has 0 aromatic heterocycles. The summed E-state index contributed by atoms with van der Waals surface area (Å²) < 4.78 is 6.55. The summed E-state index contributed by atoms with van der Waals surface area (Å²) in [6, 6.07) is 5.56. The molecule has 4 amide bonds. The number of nitrogens with zero attached hydrogens (tertiary/aromatic N) is 3. The topological polar surface area (TPSA) is 82.2 Å². The lowest BCUT2D eigenvalue weighted by Crippen LogP contribution is -2.55. The molecule has 0 aliphatic carbocycles. The lowest BCUT2D eigenvalue weighted by Gasteiger charge is -2.42. The number of piperidine rings is 1. The number of hydrogen-bond donors (Lipinski definition) is 1. The van der Waals surface area contributed by atoms with Crippen LogP contribution in [0.15, 0.2) is 18.2 Å². The maximum atomic E-state index is 13.1. The van der Waals surface area contributed by atoms with Crippen LogP contribution in [0.25, 0.3) is 0 Å². The Balaban J connectivity index is 1.60. The largest absolute Gasteiger partial charge is 0.485 e. The van der Waals surface area contributed by atoms with Gasteiger partial charge in [-0.3, -0.25) is 14.5 Å². The Bertz CT molecular complexity index is 816. The second kappa shape index (κ2) is 7.67. The minimum absolute atomic E-state index is 0.0476. The molecule has 0 atom stereocenters. The van der Waals surface area contributed by atoms with E-state index in [0.717, 1.165) is 54.3 Å². The number of likely N-dealkylation sites (tertiary alicyclic amines) is 1. The van der Waals surface area contributed by atoms with Crippen LogP contribution >= 0.6 is 0 Å². The van der Waals surface area contributed by atoms with Gasteiger partial charge in [0.05, 0.1) is 13.1 Å². The number of fused-ring (bicyclic) bond motifs is 1. The minimum Gasteiger partial charge on any atom is -0.485 e. The summed E-state index contributed by atoms with van der Waals surface area (Å²) in [4.78, 5) is 42.1. The fraction of sp³-hybridized carbons (Fsp3) is 0.571. The number of hydrogen-bond acceptors (Lipinski definition) is 5. The molecule has 0 saturated carbocycles. The molecule has 2 saturated heterocycles. The molecular formula is C21H28N4O4. The monoisotopic (exact) mass is 400 g/mol. The number of aryl methyl sites for hydroxylation is 1. The van der Waals surface area contributed by atoms with Gasteiger partial charge in [-0.2, -0.15) is 0 Å². The first kappa shape index (κ1) is 19.7. The van der Waals surface area contributed by atoms with E-state index in [1.165, 1.54) is 0 Å². The number of amides is 4. The van der Waals surface area contributed by atoms with Crippen molar-refractivity contribution in [1.82, 2.24) is 20.0 Å². The first-order valence-corrected chi connectivity index (χ1v) is 10.3. The van der Waals surface area contributed by atoms with Crippen molar-refractivity contribution >= 4 is 17.8 Å². The number of rotatable bonds is 3. The second-order valence-corrected chi connectivity index (χ2v) is 8.22. The standard InChI is InChI=1S/C21H28N4O4/c1-3-23-8-6-21(7-9-23)14-24(12-16-10-15(2)4-5-17(16)29-21)19(27)13-25-18(26)11-22-20(25)28/h4-5,10H,3,6-9,11-14H2,1-2H3,(H,22,28).